The second-order valence-corrected chi connectivity index (χ2v) is 6.08. The standard InChI is InChI=1S/C13H20N2O4S/c1-5-15(3)13(16)10(2)14-20(17,18)12-8-6-11(19-4)7-9-12/h6-10,14H,5H2,1-4H3/t10-/m0/s1. The summed E-state index contributed by atoms with van der Waals surface area (Å²) in [6, 6.07) is 5.16. The molecule has 1 aromatic rings. The Bertz CT molecular complexity index is 554. The van der Waals surface area contributed by atoms with Crippen LogP contribution in [0.1, 0.15) is 13.8 Å². The normalized spacial score (nSPS) is 12.8. The van der Waals surface area contributed by atoms with E-state index in [0.29, 0.717) is 12.3 Å². The van der Waals surface area contributed by atoms with Gasteiger partial charge in [-0.3, -0.25) is 4.79 Å². The second kappa shape index (κ2) is 6.71. The zero-order valence-corrected chi connectivity index (χ0v) is 12.9. The number of sulfonamides is 1. The van der Waals surface area contributed by atoms with Crippen LogP contribution in [0.2, 0.25) is 0 Å². The molecule has 0 radical (unpaired) electrons. The molecule has 0 aliphatic rings. The summed E-state index contributed by atoms with van der Waals surface area (Å²) >= 11 is 0. The van der Waals surface area contributed by atoms with Crippen LogP contribution in [0.15, 0.2) is 29.2 Å². The lowest BCUT2D eigenvalue weighted by molar-refractivity contribution is -0.131. The molecule has 0 saturated carbocycles. The van der Waals surface area contributed by atoms with Crippen molar-refractivity contribution in [3.63, 3.8) is 0 Å². The molecule has 20 heavy (non-hydrogen) atoms. The maximum absolute atomic E-state index is 12.1. The molecule has 6 nitrogen and oxygen atoms in total. The Morgan fingerprint density at radius 3 is 2.35 bits per heavy atom. The zero-order valence-electron chi connectivity index (χ0n) is 12.1. The van der Waals surface area contributed by atoms with Gasteiger partial charge in [0.1, 0.15) is 5.75 Å². The van der Waals surface area contributed by atoms with Gasteiger partial charge in [-0.25, -0.2) is 8.42 Å². The van der Waals surface area contributed by atoms with Crippen LogP contribution in [0.4, 0.5) is 0 Å². The van der Waals surface area contributed by atoms with Crippen molar-refractivity contribution in [2.24, 2.45) is 0 Å². The van der Waals surface area contributed by atoms with E-state index in [1.807, 2.05) is 6.92 Å². The van der Waals surface area contributed by atoms with Crippen LogP contribution >= 0.6 is 0 Å². The number of carbonyl (C=O) groups is 1. The lowest BCUT2D eigenvalue weighted by Crippen LogP contribution is -2.45. The monoisotopic (exact) mass is 300 g/mol. The first-order chi connectivity index (χ1) is 9.31. The number of methoxy groups -OCH3 is 1. The predicted octanol–water partition coefficient (Wildman–Crippen LogP) is 0.840. The van der Waals surface area contributed by atoms with Crippen molar-refractivity contribution in [3.05, 3.63) is 24.3 Å². The van der Waals surface area contributed by atoms with Crippen LogP contribution in [0.5, 0.6) is 5.75 Å². The van der Waals surface area contributed by atoms with E-state index in [1.54, 1.807) is 19.2 Å². The average molecular weight is 300 g/mol. The zero-order chi connectivity index (χ0) is 15.3. The van der Waals surface area contributed by atoms with Crippen LogP contribution in [0.3, 0.4) is 0 Å². The Morgan fingerprint density at radius 2 is 1.90 bits per heavy atom. The van der Waals surface area contributed by atoms with Crippen molar-refractivity contribution in [1.82, 2.24) is 9.62 Å². The fourth-order valence-corrected chi connectivity index (χ4v) is 2.79. The molecule has 1 rings (SSSR count). The molecule has 7 heteroatoms. The van der Waals surface area contributed by atoms with Crippen LogP contribution in [0.25, 0.3) is 0 Å². The molecular formula is C13H20N2O4S. The molecule has 1 N–H and O–H groups in total. The first-order valence-corrected chi connectivity index (χ1v) is 7.71. The third-order valence-electron chi connectivity index (χ3n) is 2.92. The van der Waals surface area contributed by atoms with Gasteiger partial charge in [-0.15, -0.1) is 0 Å². The fourth-order valence-electron chi connectivity index (χ4n) is 1.59. The van der Waals surface area contributed by atoms with Gasteiger partial charge in [-0.2, -0.15) is 4.72 Å². The van der Waals surface area contributed by atoms with Crippen molar-refractivity contribution in [1.29, 1.82) is 0 Å². The molecule has 0 saturated heterocycles. The van der Waals surface area contributed by atoms with Gasteiger partial charge < -0.3 is 9.64 Å². The topological polar surface area (TPSA) is 75.7 Å². The first-order valence-electron chi connectivity index (χ1n) is 6.23. The molecule has 0 unspecified atom stereocenters. The summed E-state index contributed by atoms with van der Waals surface area (Å²) in [6.07, 6.45) is 0. The summed E-state index contributed by atoms with van der Waals surface area (Å²) in [5.74, 6) is 0.295. The number of likely N-dealkylation sites (N-methyl/N-ethyl adjacent to an activating group) is 1. The smallest absolute Gasteiger partial charge is 0.241 e. The average Bonchev–Trinajstić information content (AvgIpc) is 2.45. The number of amides is 1. The van der Waals surface area contributed by atoms with E-state index in [1.165, 1.54) is 31.1 Å². The van der Waals surface area contributed by atoms with Crippen LogP contribution in [0, 0.1) is 0 Å². The van der Waals surface area contributed by atoms with E-state index >= 15 is 0 Å². The Morgan fingerprint density at radius 1 is 1.35 bits per heavy atom. The van der Waals surface area contributed by atoms with Gasteiger partial charge >= 0.3 is 0 Å². The molecule has 0 aromatic heterocycles. The lowest BCUT2D eigenvalue weighted by Gasteiger charge is -2.20. The number of benzene rings is 1. The molecule has 1 atom stereocenters. The number of hydrogen-bond donors (Lipinski definition) is 1. The minimum absolute atomic E-state index is 0.0945. The largest absolute Gasteiger partial charge is 0.497 e. The summed E-state index contributed by atoms with van der Waals surface area (Å²) < 4.78 is 31.6. The van der Waals surface area contributed by atoms with Crippen LogP contribution in [-0.4, -0.2) is 46.0 Å². The Balaban J connectivity index is 2.86. The van der Waals surface area contributed by atoms with Crippen LogP contribution in [-0.2, 0) is 14.8 Å². The Hall–Kier alpha value is -1.60. The quantitative estimate of drug-likeness (QED) is 0.844. The Labute approximate surface area is 119 Å². The summed E-state index contributed by atoms with van der Waals surface area (Å²) in [4.78, 5) is 13.4. The number of nitrogens with one attached hydrogen (secondary N) is 1. The fraction of sp³-hybridized carbons (Fsp3) is 0.462. The second-order valence-electron chi connectivity index (χ2n) is 4.37. The predicted molar refractivity (Wildman–Crippen MR) is 76.1 cm³/mol. The van der Waals surface area contributed by atoms with Gasteiger partial charge in [0.15, 0.2) is 0 Å². The molecular weight excluding hydrogens is 280 g/mol. The van der Waals surface area contributed by atoms with Gasteiger partial charge in [0, 0.05) is 13.6 Å². The van der Waals surface area contributed by atoms with Gasteiger partial charge in [0.25, 0.3) is 0 Å². The third kappa shape index (κ3) is 3.94. The van der Waals surface area contributed by atoms with Gasteiger partial charge in [0.2, 0.25) is 15.9 Å². The summed E-state index contributed by atoms with van der Waals surface area (Å²) in [5, 5.41) is 0. The highest BCUT2D eigenvalue weighted by Crippen LogP contribution is 2.15. The van der Waals surface area contributed by atoms with Crippen molar-refractivity contribution in [3.8, 4) is 5.75 Å². The van der Waals surface area contributed by atoms with Gasteiger partial charge in [0.05, 0.1) is 18.0 Å². The van der Waals surface area contributed by atoms with Crippen molar-refractivity contribution >= 4 is 15.9 Å². The number of carbonyl (C=O) groups excluding carboxylic acids is 1. The summed E-state index contributed by atoms with van der Waals surface area (Å²) in [7, 11) is -0.596. The maximum Gasteiger partial charge on any atom is 0.241 e. The van der Waals surface area contributed by atoms with E-state index in [0.717, 1.165) is 0 Å². The molecule has 112 valence electrons. The number of rotatable bonds is 6. The number of nitrogens with zero attached hydrogens (tertiary/aromatic N) is 1. The van der Waals surface area contributed by atoms with Crippen LogP contribution < -0.4 is 9.46 Å². The molecule has 0 bridgehead atoms. The minimum Gasteiger partial charge on any atom is -0.497 e. The molecule has 1 amide bonds. The van der Waals surface area contributed by atoms with E-state index < -0.39 is 16.1 Å². The summed E-state index contributed by atoms with van der Waals surface area (Å²) in [6.45, 7) is 3.87. The van der Waals surface area contributed by atoms with Gasteiger partial charge in [-0.1, -0.05) is 0 Å². The van der Waals surface area contributed by atoms with Crippen molar-refractivity contribution in [2.45, 2.75) is 24.8 Å². The Kier molecular flexibility index (Phi) is 5.52. The van der Waals surface area contributed by atoms with Crippen molar-refractivity contribution < 1.29 is 17.9 Å². The van der Waals surface area contributed by atoms with E-state index in [-0.39, 0.29) is 10.8 Å². The van der Waals surface area contributed by atoms with Gasteiger partial charge in [-0.05, 0) is 38.1 Å². The lowest BCUT2D eigenvalue weighted by atomic mass is 10.3. The third-order valence-corrected chi connectivity index (χ3v) is 4.48. The maximum atomic E-state index is 12.1. The van der Waals surface area contributed by atoms with E-state index in [2.05, 4.69) is 4.72 Å². The molecule has 0 aliphatic heterocycles. The minimum atomic E-state index is -3.72. The number of ether oxygens (including phenoxy) is 1. The highest BCUT2D eigenvalue weighted by molar-refractivity contribution is 7.89. The molecule has 0 aliphatic carbocycles. The van der Waals surface area contributed by atoms with E-state index in [9.17, 15) is 13.2 Å². The molecule has 0 heterocycles. The summed E-state index contributed by atoms with van der Waals surface area (Å²) in [5.41, 5.74) is 0. The number of hydrogen-bond acceptors (Lipinski definition) is 4. The van der Waals surface area contributed by atoms with Crippen molar-refractivity contribution in [2.75, 3.05) is 20.7 Å². The highest BCUT2D eigenvalue weighted by atomic mass is 32.2. The highest BCUT2D eigenvalue weighted by Gasteiger charge is 2.23. The van der Waals surface area contributed by atoms with E-state index in [4.69, 9.17) is 4.74 Å². The SMILES string of the molecule is CCN(C)C(=O)[C@H](C)NS(=O)(=O)c1ccc(OC)cc1. The first kappa shape index (κ1) is 16.5. The molecule has 0 fully saturated rings. The molecule has 1 aromatic carbocycles. The molecule has 0 spiro atoms.